The first kappa shape index (κ1) is 24.3. The van der Waals surface area contributed by atoms with E-state index in [0.717, 1.165) is 22.0 Å². The molecule has 2 aromatic carbocycles. The highest BCUT2D eigenvalue weighted by Gasteiger charge is 2.41. The van der Waals surface area contributed by atoms with E-state index in [-0.39, 0.29) is 24.3 Å². The van der Waals surface area contributed by atoms with Gasteiger partial charge in [-0.2, -0.15) is 0 Å². The summed E-state index contributed by atoms with van der Waals surface area (Å²) in [5.41, 5.74) is 4.03. The Bertz CT molecular complexity index is 1290. The maximum atomic E-state index is 14.1. The van der Waals surface area contributed by atoms with E-state index in [9.17, 15) is 14.4 Å². The van der Waals surface area contributed by atoms with Gasteiger partial charge >= 0.3 is 0 Å². The van der Waals surface area contributed by atoms with E-state index in [0.29, 0.717) is 11.4 Å². The van der Waals surface area contributed by atoms with Crippen LogP contribution in [0.3, 0.4) is 0 Å². The van der Waals surface area contributed by atoms with Crippen LogP contribution in [0.4, 0.5) is 11.4 Å². The van der Waals surface area contributed by atoms with Crippen LogP contribution in [-0.2, 0) is 20.9 Å². The lowest BCUT2D eigenvalue weighted by atomic mass is 10.0. The van der Waals surface area contributed by atoms with Gasteiger partial charge in [-0.1, -0.05) is 30.3 Å². The molecule has 2 heterocycles. The van der Waals surface area contributed by atoms with E-state index in [4.69, 9.17) is 0 Å². The molecule has 1 aromatic heterocycles. The molecule has 3 atom stereocenters. The minimum atomic E-state index is -0.928. The number of carbonyl (C=O) groups is 3. The number of rotatable bonds is 5. The molecule has 2 N–H and O–H groups in total. The number of aromatic nitrogens is 1. The van der Waals surface area contributed by atoms with Crippen molar-refractivity contribution in [2.75, 3.05) is 16.8 Å². The zero-order valence-electron chi connectivity index (χ0n) is 20.7. The zero-order valence-corrected chi connectivity index (χ0v) is 20.7. The van der Waals surface area contributed by atoms with Gasteiger partial charge in [0.15, 0.2) is 0 Å². The van der Waals surface area contributed by atoms with Gasteiger partial charge in [0.05, 0.1) is 35.5 Å². The predicted octanol–water partition coefficient (Wildman–Crippen LogP) is 2.92. The number of pyridine rings is 1. The summed E-state index contributed by atoms with van der Waals surface area (Å²) in [5.74, 6) is -0.783. The summed E-state index contributed by atoms with van der Waals surface area (Å²) < 4.78 is 0. The highest BCUT2D eigenvalue weighted by atomic mass is 16.2. The second-order valence-electron chi connectivity index (χ2n) is 8.98. The normalized spacial score (nSPS) is 18.7. The minimum absolute atomic E-state index is 0.203. The van der Waals surface area contributed by atoms with Crippen LogP contribution in [0.1, 0.15) is 31.9 Å². The Morgan fingerprint density at radius 1 is 1.09 bits per heavy atom. The van der Waals surface area contributed by atoms with Gasteiger partial charge in [-0.25, -0.2) is 0 Å². The summed E-state index contributed by atoms with van der Waals surface area (Å²) >= 11 is 0. The molecule has 35 heavy (non-hydrogen) atoms. The number of amides is 3. The van der Waals surface area contributed by atoms with Crippen molar-refractivity contribution in [1.29, 1.82) is 0 Å². The zero-order chi connectivity index (χ0) is 25.3. The third-order valence-corrected chi connectivity index (χ3v) is 6.74. The van der Waals surface area contributed by atoms with Crippen LogP contribution in [0.15, 0.2) is 54.7 Å². The number of hydrogen-bond donors (Lipinski definition) is 2. The van der Waals surface area contributed by atoms with Crippen molar-refractivity contribution in [2.24, 2.45) is 0 Å². The van der Waals surface area contributed by atoms with E-state index >= 15 is 0 Å². The molecule has 1 unspecified atom stereocenters. The summed E-state index contributed by atoms with van der Waals surface area (Å²) in [7, 11) is 1.68. The number of benzene rings is 2. The Morgan fingerprint density at radius 2 is 1.74 bits per heavy atom. The molecule has 182 valence electrons. The molecule has 0 saturated heterocycles. The van der Waals surface area contributed by atoms with E-state index in [1.54, 1.807) is 30.7 Å². The van der Waals surface area contributed by atoms with Crippen LogP contribution in [0, 0.1) is 6.92 Å². The first-order chi connectivity index (χ1) is 16.7. The monoisotopic (exact) mass is 473 g/mol. The largest absolute Gasteiger partial charge is 0.341 e. The maximum absolute atomic E-state index is 14.1. The standard InChI is InChI=1S/C27H31N5O3/c1-16-14-29-22-11-7-6-10-20(22)21(16)15-31-23-12-8-9-13-24(23)32(19(4)33)18(3)25(27(31)35)30-26(34)17(2)28-5/h6-14,17-18,25,28H,15H2,1-5H3,(H,30,34)/t17?,18-,25-/m0/s1. The number of fused-ring (bicyclic) bond motifs is 2. The number of carbonyl (C=O) groups excluding carboxylic acids is 3. The number of nitrogens with zero attached hydrogens (tertiary/aromatic N) is 3. The predicted molar refractivity (Wildman–Crippen MR) is 137 cm³/mol. The van der Waals surface area contributed by atoms with Crippen molar-refractivity contribution in [2.45, 2.75) is 52.4 Å². The van der Waals surface area contributed by atoms with Crippen molar-refractivity contribution < 1.29 is 14.4 Å². The number of aryl methyl sites for hydroxylation is 1. The van der Waals surface area contributed by atoms with E-state index in [1.165, 1.54) is 6.92 Å². The fourth-order valence-corrected chi connectivity index (χ4v) is 4.63. The Morgan fingerprint density at radius 3 is 2.43 bits per heavy atom. The van der Waals surface area contributed by atoms with Gasteiger partial charge in [-0.3, -0.25) is 19.4 Å². The van der Waals surface area contributed by atoms with Crippen LogP contribution in [0.25, 0.3) is 10.9 Å². The average Bonchev–Trinajstić information content (AvgIpc) is 2.93. The van der Waals surface area contributed by atoms with Crippen molar-refractivity contribution in [3.63, 3.8) is 0 Å². The molecule has 0 spiro atoms. The molecular formula is C27H31N5O3. The molecule has 1 aliphatic heterocycles. The number of likely N-dealkylation sites (N-methyl/N-ethyl adjacent to an activating group) is 1. The van der Waals surface area contributed by atoms with Gasteiger partial charge in [0.2, 0.25) is 11.8 Å². The highest BCUT2D eigenvalue weighted by Crippen LogP contribution is 2.37. The maximum Gasteiger partial charge on any atom is 0.252 e. The van der Waals surface area contributed by atoms with Gasteiger partial charge in [-0.05, 0) is 57.1 Å². The Labute approximate surface area is 205 Å². The topological polar surface area (TPSA) is 94.6 Å². The molecule has 0 aliphatic carbocycles. The third kappa shape index (κ3) is 4.49. The molecule has 8 nitrogen and oxygen atoms in total. The van der Waals surface area contributed by atoms with Gasteiger partial charge in [0, 0.05) is 18.5 Å². The molecule has 8 heteroatoms. The quantitative estimate of drug-likeness (QED) is 0.594. The molecule has 3 amide bonds. The van der Waals surface area contributed by atoms with E-state index in [2.05, 4.69) is 15.6 Å². The van der Waals surface area contributed by atoms with Crippen LogP contribution < -0.4 is 20.4 Å². The fourth-order valence-electron chi connectivity index (χ4n) is 4.63. The molecule has 0 radical (unpaired) electrons. The van der Waals surface area contributed by atoms with Crippen molar-refractivity contribution >= 4 is 40.0 Å². The van der Waals surface area contributed by atoms with Crippen molar-refractivity contribution in [3.05, 3.63) is 65.9 Å². The lowest BCUT2D eigenvalue weighted by Crippen LogP contribution is -2.59. The lowest BCUT2D eigenvalue weighted by Gasteiger charge is -2.32. The number of para-hydroxylation sites is 3. The Balaban J connectivity index is 1.87. The summed E-state index contributed by atoms with van der Waals surface area (Å²) in [6.07, 6.45) is 1.81. The molecule has 0 bridgehead atoms. The summed E-state index contributed by atoms with van der Waals surface area (Å²) in [4.78, 5) is 47.6. The summed E-state index contributed by atoms with van der Waals surface area (Å²) in [6.45, 7) is 7.24. The van der Waals surface area contributed by atoms with Gasteiger partial charge < -0.3 is 20.4 Å². The molecule has 0 fully saturated rings. The molecule has 0 saturated carbocycles. The Hall–Kier alpha value is -3.78. The van der Waals surface area contributed by atoms with Gasteiger partial charge in [0.25, 0.3) is 5.91 Å². The second kappa shape index (κ2) is 9.84. The summed E-state index contributed by atoms with van der Waals surface area (Å²) in [5, 5.41) is 6.76. The fraction of sp³-hybridized carbons (Fsp3) is 0.333. The molecule has 3 aromatic rings. The first-order valence-corrected chi connectivity index (χ1v) is 11.8. The number of nitrogens with one attached hydrogen (secondary N) is 2. The van der Waals surface area contributed by atoms with Crippen molar-refractivity contribution in [3.8, 4) is 0 Å². The van der Waals surface area contributed by atoms with Gasteiger partial charge in [-0.15, -0.1) is 0 Å². The number of anilines is 2. The average molecular weight is 474 g/mol. The Kier molecular flexibility index (Phi) is 6.84. The van der Waals surface area contributed by atoms with Gasteiger partial charge in [0.1, 0.15) is 6.04 Å². The molecule has 4 rings (SSSR count). The highest BCUT2D eigenvalue weighted by molar-refractivity contribution is 6.08. The second-order valence-corrected chi connectivity index (χ2v) is 8.98. The van der Waals surface area contributed by atoms with Crippen LogP contribution in [-0.4, -0.2) is 47.9 Å². The first-order valence-electron chi connectivity index (χ1n) is 11.8. The third-order valence-electron chi connectivity index (χ3n) is 6.74. The SMILES string of the molecule is CNC(C)C(=O)N[C@@H]1C(=O)N(Cc2c(C)cnc3ccccc23)c2ccccc2N(C(C)=O)[C@H]1C. The molecular weight excluding hydrogens is 442 g/mol. The van der Waals surface area contributed by atoms with E-state index < -0.39 is 18.1 Å². The minimum Gasteiger partial charge on any atom is -0.341 e. The summed E-state index contributed by atoms with van der Waals surface area (Å²) in [6, 6.07) is 13.2. The lowest BCUT2D eigenvalue weighted by molar-refractivity contribution is -0.129. The van der Waals surface area contributed by atoms with Crippen LogP contribution >= 0.6 is 0 Å². The van der Waals surface area contributed by atoms with E-state index in [1.807, 2.05) is 61.7 Å². The smallest absolute Gasteiger partial charge is 0.252 e. The van der Waals surface area contributed by atoms with Crippen LogP contribution in [0.5, 0.6) is 0 Å². The van der Waals surface area contributed by atoms with Crippen LogP contribution in [0.2, 0.25) is 0 Å². The molecule has 1 aliphatic rings. The van der Waals surface area contributed by atoms with Crippen molar-refractivity contribution in [1.82, 2.24) is 15.6 Å². The number of hydrogen-bond acceptors (Lipinski definition) is 5.